The average molecular weight is 818 g/mol. The Morgan fingerprint density at radius 3 is 2.37 bits per heavy atom. The molecular weight excluding hydrogens is 791 g/mol. The van der Waals surface area contributed by atoms with Crippen molar-refractivity contribution >= 4 is 66.5 Å². The third kappa shape index (κ3) is 4.20. The van der Waals surface area contributed by atoms with Gasteiger partial charge in [0.2, 0.25) is 0 Å². The maximum atomic E-state index is 16.8. The molecule has 10 rings (SSSR count). The molecule has 0 N–H and O–H groups in total. The van der Waals surface area contributed by atoms with Crippen molar-refractivity contribution in [1.82, 2.24) is 14.4 Å². The Morgan fingerprint density at radius 2 is 1.51 bits per heavy atom. The molecule has 0 spiro atoms. The fraction of sp³-hybridized carbons (Fsp3) is 0.0952. The van der Waals surface area contributed by atoms with Crippen molar-refractivity contribution in [2.24, 2.45) is 0 Å². The van der Waals surface area contributed by atoms with Gasteiger partial charge in [-0.15, -0.1) is 29.3 Å². The van der Waals surface area contributed by atoms with Crippen LogP contribution in [0.4, 0.5) is 21.6 Å². The van der Waals surface area contributed by atoms with Gasteiger partial charge in [0, 0.05) is 40.6 Å². The Balaban J connectivity index is 0.00000325. The average Bonchev–Trinajstić information content (AvgIpc) is 3.77. The van der Waals surface area contributed by atoms with E-state index >= 15 is 4.39 Å². The van der Waals surface area contributed by atoms with Gasteiger partial charge >= 0.3 is 21.1 Å². The number of furan rings is 1. The zero-order valence-corrected chi connectivity index (χ0v) is 28.8. The van der Waals surface area contributed by atoms with Gasteiger partial charge in [0.05, 0.1) is 5.65 Å². The van der Waals surface area contributed by atoms with Crippen LogP contribution in [-0.4, -0.2) is 14.4 Å². The quantitative estimate of drug-likeness (QED) is 0.132. The molecule has 5 nitrogen and oxygen atoms in total. The summed E-state index contributed by atoms with van der Waals surface area (Å²) in [4.78, 5) is 11.5. The number of para-hydroxylation sites is 2. The summed E-state index contributed by atoms with van der Waals surface area (Å²) >= 11 is 0. The van der Waals surface area contributed by atoms with Crippen molar-refractivity contribution in [1.29, 1.82) is 0 Å². The van der Waals surface area contributed by atoms with Crippen LogP contribution in [0.1, 0.15) is 42.3 Å². The summed E-state index contributed by atoms with van der Waals surface area (Å²) in [5, 5.41) is 5.00. The molecular formula is C42H27FN4OPt. The van der Waals surface area contributed by atoms with Gasteiger partial charge in [-0.3, -0.25) is 4.98 Å². The minimum atomic E-state index is -1.46. The van der Waals surface area contributed by atoms with Crippen molar-refractivity contribution in [3.05, 3.63) is 156 Å². The summed E-state index contributed by atoms with van der Waals surface area (Å²) in [7, 11) is 0. The molecule has 1 atom stereocenters. The molecule has 9 aromatic rings. The second kappa shape index (κ2) is 10.8. The van der Waals surface area contributed by atoms with Crippen molar-refractivity contribution in [2.75, 3.05) is 4.90 Å². The minimum absolute atomic E-state index is 0. The second-order valence-electron chi connectivity index (χ2n) is 13.0. The summed E-state index contributed by atoms with van der Waals surface area (Å²) < 4.78 is 25.2. The first kappa shape index (κ1) is 29.8. The molecule has 5 aromatic carbocycles. The van der Waals surface area contributed by atoms with Crippen molar-refractivity contribution < 1.29 is 29.9 Å². The largest absolute Gasteiger partial charge is 2.00 e. The van der Waals surface area contributed by atoms with Crippen molar-refractivity contribution in [2.45, 2.75) is 25.4 Å². The molecule has 1 aliphatic heterocycles. The smallest absolute Gasteiger partial charge is 0.456 e. The van der Waals surface area contributed by atoms with Crippen molar-refractivity contribution in [3.63, 3.8) is 0 Å². The molecule has 0 amide bonds. The van der Waals surface area contributed by atoms with Crippen LogP contribution in [0.2, 0.25) is 0 Å². The normalized spacial score (nSPS) is 14.3. The van der Waals surface area contributed by atoms with E-state index in [0.29, 0.717) is 11.1 Å². The fourth-order valence-electron chi connectivity index (χ4n) is 7.75. The summed E-state index contributed by atoms with van der Waals surface area (Å²) in [6, 6.07) is 41.0. The van der Waals surface area contributed by atoms with Gasteiger partial charge in [-0.1, -0.05) is 78.3 Å². The Kier molecular flexibility index (Phi) is 6.59. The predicted molar refractivity (Wildman–Crippen MR) is 189 cm³/mol. The van der Waals surface area contributed by atoms with Gasteiger partial charge in [0.1, 0.15) is 23.2 Å². The minimum Gasteiger partial charge on any atom is -0.456 e. The Morgan fingerprint density at radius 1 is 0.735 bits per heavy atom. The van der Waals surface area contributed by atoms with Gasteiger partial charge in [-0.2, -0.15) is 18.2 Å². The molecule has 5 heterocycles. The number of benzene rings is 5. The molecule has 0 saturated heterocycles. The Bertz CT molecular complexity index is 2750. The third-order valence-electron chi connectivity index (χ3n) is 9.94. The number of hydrogen-bond acceptors (Lipinski definition) is 4. The van der Waals surface area contributed by atoms with E-state index in [4.69, 9.17) is 9.40 Å². The molecule has 7 heteroatoms. The van der Waals surface area contributed by atoms with E-state index in [1.807, 2.05) is 83.4 Å². The van der Waals surface area contributed by atoms with Gasteiger partial charge in [-0.05, 0) is 52.8 Å². The molecule has 1 unspecified atom stereocenters. The number of hydrogen-bond donors (Lipinski definition) is 0. The van der Waals surface area contributed by atoms with Crippen LogP contribution in [0.15, 0.2) is 126 Å². The van der Waals surface area contributed by atoms with Crippen LogP contribution in [0.3, 0.4) is 0 Å². The summed E-state index contributed by atoms with van der Waals surface area (Å²) in [5.41, 5.74) is 7.82. The van der Waals surface area contributed by atoms with E-state index in [1.54, 1.807) is 12.4 Å². The van der Waals surface area contributed by atoms with Gasteiger partial charge in [0.15, 0.2) is 0 Å². The van der Waals surface area contributed by atoms with Gasteiger partial charge in [-0.25, -0.2) is 9.37 Å². The number of nitrogens with zero attached hydrogens (tertiary/aromatic N) is 4. The molecule has 238 valence electrons. The number of aromatic nitrogens is 3. The second-order valence-corrected chi connectivity index (χ2v) is 13.0. The van der Waals surface area contributed by atoms with E-state index in [2.05, 4.69) is 66.2 Å². The third-order valence-corrected chi connectivity index (χ3v) is 9.94. The van der Waals surface area contributed by atoms with E-state index in [9.17, 15) is 0 Å². The number of alkyl halides is 1. The number of imidazole rings is 1. The van der Waals surface area contributed by atoms with Crippen LogP contribution < -0.4 is 4.90 Å². The van der Waals surface area contributed by atoms with Crippen LogP contribution in [0.5, 0.6) is 0 Å². The standard InChI is InChI=1S/C42H27FN4O.Pt/c1-42(2)31-17-15-26(40(43)25-14-16-27-28-9-3-5-11-32(28)46-22-21-45-41(46)30(27)23-25)24-34(31)47(37-13-7-8-20-44-37)33-18-19-36-38(39(33)42)29-10-4-6-12-35(29)48-36;/h3-22,40H,1-2H3;/q-2;+2. The first-order valence-corrected chi connectivity index (χ1v) is 16.1. The molecule has 0 saturated carbocycles. The summed E-state index contributed by atoms with van der Waals surface area (Å²) in [6.45, 7) is 4.44. The fourth-order valence-corrected chi connectivity index (χ4v) is 7.75. The summed E-state index contributed by atoms with van der Waals surface area (Å²) in [5.74, 6) is 0.734. The van der Waals surface area contributed by atoms with E-state index in [-0.39, 0.29) is 21.1 Å². The molecule has 0 aliphatic carbocycles. The number of anilines is 3. The van der Waals surface area contributed by atoms with E-state index in [0.717, 1.165) is 77.6 Å². The SMILES string of the molecule is CC1(C)c2ccc(C(F)c3[c-]c4c(cc3)c3ccccc3n3ccnc43)[c-]c2N(c2ccccn2)c2ccc3oc4ccccc4c3c21.[Pt+2]. The Hall–Kier alpha value is -5.32. The van der Waals surface area contributed by atoms with Gasteiger partial charge < -0.3 is 13.7 Å². The first-order chi connectivity index (χ1) is 23.5. The molecule has 0 bridgehead atoms. The van der Waals surface area contributed by atoms with Crippen LogP contribution in [0.25, 0.3) is 49.3 Å². The first-order valence-electron chi connectivity index (χ1n) is 16.1. The van der Waals surface area contributed by atoms with Crippen LogP contribution in [-0.2, 0) is 26.5 Å². The summed E-state index contributed by atoms with van der Waals surface area (Å²) in [6.07, 6.45) is 4.04. The number of fused-ring (bicyclic) bond motifs is 12. The predicted octanol–water partition coefficient (Wildman–Crippen LogP) is 10.7. The topological polar surface area (TPSA) is 46.6 Å². The molecule has 49 heavy (non-hydrogen) atoms. The number of rotatable bonds is 3. The molecule has 0 radical (unpaired) electrons. The molecule has 1 aliphatic rings. The van der Waals surface area contributed by atoms with Crippen molar-refractivity contribution in [3.8, 4) is 0 Å². The zero-order chi connectivity index (χ0) is 32.1. The van der Waals surface area contributed by atoms with E-state index < -0.39 is 11.6 Å². The number of halogens is 1. The monoisotopic (exact) mass is 817 g/mol. The van der Waals surface area contributed by atoms with Gasteiger partial charge in [0.25, 0.3) is 0 Å². The maximum Gasteiger partial charge on any atom is 2.00 e. The number of pyridine rings is 2. The van der Waals surface area contributed by atoms with E-state index in [1.165, 1.54) is 0 Å². The molecule has 0 fully saturated rings. The van der Waals surface area contributed by atoms with Crippen LogP contribution in [0, 0.1) is 12.1 Å². The zero-order valence-electron chi connectivity index (χ0n) is 26.5. The maximum absolute atomic E-state index is 16.8. The van der Waals surface area contributed by atoms with Crippen LogP contribution >= 0.6 is 0 Å². The molecule has 4 aromatic heterocycles. The Labute approximate surface area is 295 Å².